The molecule has 1 fully saturated rings. The highest BCUT2D eigenvalue weighted by Gasteiger charge is 2.32. The minimum atomic E-state index is -0.255. The monoisotopic (exact) mass is 396 g/mol. The van der Waals surface area contributed by atoms with Crippen molar-refractivity contribution in [2.24, 2.45) is 0 Å². The summed E-state index contributed by atoms with van der Waals surface area (Å²) in [5, 5.41) is 2.95. The van der Waals surface area contributed by atoms with Gasteiger partial charge in [0.05, 0.1) is 12.1 Å². The smallest absolute Gasteiger partial charge is 0.251 e. The fourth-order valence-corrected chi connectivity index (χ4v) is 3.48. The molecule has 1 saturated heterocycles. The van der Waals surface area contributed by atoms with Gasteiger partial charge in [0.15, 0.2) is 11.5 Å². The summed E-state index contributed by atoms with van der Waals surface area (Å²) in [4.78, 5) is 26.7. The normalized spacial score (nSPS) is 18.1. The Hall–Kier alpha value is -3.22. The Bertz CT molecular complexity index is 910. The molecule has 1 N–H and O–H groups in total. The van der Waals surface area contributed by atoms with Crippen molar-refractivity contribution in [2.45, 2.75) is 32.4 Å². The lowest BCUT2D eigenvalue weighted by Gasteiger charge is -2.22. The molecule has 0 spiro atoms. The highest BCUT2D eigenvalue weighted by Crippen LogP contribution is 2.35. The van der Waals surface area contributed by atoms with Gasteiger partial charge in [-0.15, -0.1) is 0 Å². The predicted octanol–water partition coefficient (Wildman–Crippen LogP) is 2.78. The molecule has 2 aliphatic rings. The lowest BCUT2D eigenvalue weighted by molar-refractivity contribution is -0.117. The minimum Gasteiger partial charge on any atom is -0.491 e. The molecule has 0 aliphatic carbocycles. The van der Waals surface area contributed by atoms with Crippen molar-refractivity contribution in [2.75, 3.05) is 24.7 Å². The number of hydrogen-bond donors (Lipinski definition) is 1. The zero-order valence-corrected chi connectivity index (χ0v) is 16.5. The van der Waals surface area contributed by atoms with Gasteiger partial charge in [-0.3, -0.25) is 9.59 Å². The van der Waals surface area contributed by atoms with E-state index in [1.807, 2.05) is 32.0 Å². The van der Waals surface area contributed by atoms with Crippen molar-refractivity contribution in [1.82, 2.24) is 5.32 Å². The highest BCUT2D eigenvalue weighted by atomic mass is 16.6. The number of fused-ring (bicyclic) bond motifs is 1. The van der Waals surface area contributed by atoms with Crippen LogP contribution in [0.15, 0.2) is 42.5 Å². The third-order valence-corrected chi connectivity index (χ3v) is 4.79. The van der Waals surface area contributed by atoms with Gasteiger partial charge < -0.3 is 24.4 Å². The van der Waals surface area contributed by atoms with E-state index in [1.54, 1.807) is 29.2 Å². The fraction of sp³-hybridized carbons (Fsp3) is 0.364. The number of ether oxygens (including phenoxy) is 3. The van der Waals surface area contributed by atoms with Crippen LogP contribution in [0.3, 0.4) is 0 Å². The minimum absolute atomic E-state index is 0.0346. The Kier molecular flexibility index (Phi) is 5.29. The number of rotatable bonds is 5. The average Bonchev–Trinajstić information content (AvgIpc) is 3.07. The number of carbonyl (C=O) groups excluding carboxylic acids is 2. The van der Waals surface area contributed by atoms with E-state index in [-0.39, 0.29) is 30.4 Å². The lowest BCUT2D eigenvalue weighted by Crippen LogP contribution is -2.37. The van der Waals surface area contributed by atoms with Crippen LogP contribution in [0.2, 0.25) is 0 Å². The Morgan fingerprint density at radius 3 is 2.55 bits per heavy atom. The average molecular weight is 396 g/mol. The molecule has 0 aromatic heterocycles. The van der Waals surface area contributed by atoms with Crippen molar-refractivity contribution in [3.63, 3.8) is 0 Å². The zero-order valence-electron chi connectivity index (χ0n) is 16.5. The summed E-state index contributed by atoms with van der Waals surface area (Å²) in [5.41, 5.74) is 1.28. The number of hydrogen-bond acceptors (Lipinski definition) is 5. The maximum Gasteiger partial charge on any atom is 0.251 e. The van der Waals surface area contributed by atoms with Crippen LogP contribution >= 0.6 is 0 Å². The first kappa shape index (κ1) is 19.1. The summed E-state index contributed by atoms with van der Waals surface area (Å²) in [5.74, 6) is 1.80. The molecular weight excluding hydrogens is 372 g/mol. The van der Waals surface area contributed by atoms with Gasteiger partial charge in [0.2, 0.25) is 5.91 Å². The molecule has 7 nitrogen and oxygen atoms in total. The van der Waals surface area contributed by atoms with Gasteiger partial charge in [-0.2, -0.15) is 0 Å². The first-order chi connectivity index (χ1) is 14.0. The maximum absolute atomic E-state index is 12.6. The SMILES string of the molecule is CC(C)Oc1ccc(C(=O)N[C@@H]2CC(=O)N(c3ccc4c(c3)OCCO4)C2)cc1. The summed E-state index contributed by atoms with van der Waals surface area (Å²) in [6.45, 7) is 5.33. The van der Waals surface area contributed by atoms with Crippen LogP contribution in [0.4, 0.5) is 5.69 Å². The highest BCUT2D eigenvalue weighted by molar-refractivity contribution is 5.99. The van der Waals surface area contributed by atoms with E-state index in [2.05, 4.69) is 5.32 Å². The predicted molar refractivity (Wildman–Crippen MR) is 108 cm³/mol. The second-order valence-corrected chi connectivity index (χ2v) is 7.40. The first-order valence-electron chi connectivity index (χ1n) is 9.77. The van der Waals surface area contributed by atoms with E-state index in [1.165, 1.54) is 0 Å². The summed E-state index contributed by atoms with van der Waals surface area (Å²) in [6, 6.07) is 12.2. The number of carbonyl (C=O) groups is 2. The molecule has 2 aromatic carbocycles. The van der Waals surface area contributed by atoms with Gasteiger partial charge in [-0.25, -0.2) is 0 Å². The van der Waals surface area contributed by atoms with E-state index in [0.29, 0.717) is 36.8 Å². The van der Waals surface area contributed by atoms with E-state index in [0.717, 1.165) is 11.4 Å². The summed E-state index contributed by atoms with van der Waals surface area (Å²) in [7, 11) is 0. The molecule has 1 atom stereocenters. The van der Waals surface area contributed by atoms with Crippen LogP contribution in [0, 0.1) is 0 Å². The molecule has 0 unspecified atom stereocenters. The van der Waals surface area contributed by atoms with Crippen LogP contribution in [-0.2, 0) is 4.79 Å². The molecule has 2 aliphatic heterocycles. The quantitative estimate of drug-likeness (QED) is 0.841. The van der Waals surface area contributed by atoms with E-state index < -0.39 is 0 Å². The van der Waals surface area contributed by atoms with E-state index >= 15 is 0 Å². The van der Waals surface area contributed by atoms with Gasteiger partial charge in [0.1, 0.15) is 19.0 Å². The number of nitrogens with zero attached hydrogens (tertiary/aromatic N) is 1. The van der Waals surface area contributed by atoms with Crippen LogP contribution in [-0.4, -0.2) is 43.7 Å². The molecule has 0 bridgehead atoms. The van der Waals surface area contributed by atoms with Gasteiger partial charge >= 0.3 is 0 Å². The van der Waals surface area contributed by atoms with Crippen molar-refractivity contribution in [3.8, 4) is 17.2 Å². The summed E-state index contributed by atoms with van der Waals surface area (Å²) >= 11 is 0. The van der Waals surface area contributed by atoms with Gasteiger partial charge in [0, 0.05) is 30.3 Å². The second-order valence-electron chi connectivity index (χ2n) is 7.40. The molecule has 7 heteroatoms. The molecule has 2 aromatic rings. The molecule has 2 heterocycles. The van der Waals surface area contributed by atoms with Crippen molar-refractivity contribution in [3.05, 3.63) is 48.0 Å². The van der Waals surface area contributed by atoms with Crippen LogP contribution < -0.4 is 24.4 Å². The van der Waals surface area contributed by atoms with E-state index in [9.17, 15) is 9.59 Å². The fourth-order valence-electron chi connectivity index (χ4n) is 3.48. The Morgan fingerprint density at radius 1 is 1.10 bits per heavy atom. The molecule has 29 heavy (non-hydrogen) atoms. The van der Waals surface area contributed by atoms with E-state index in [4.69, 9.17) is 14.2 Å². The number of amides is 2. The molecule has 152 valence electrons. The molecular formula is C22H24N2O5. The number of nitrogens with one attached hydrogen (secondary N) is 1. The molecule has 0 saturated carbocycles. The Balaban J connectivity index is 1.40. The first-order valence-corrected chi connectivity index (χ1v) is 9.77. The number of benzene rings is 2. The summed E-state index contributed by atoms with van der Waals surface area (Å²) < 4.78 is 16.7. The topological polar surface area (TPSA) is 77.1 Å². The van der Waals surface area contributed by atoms with Crippen LogP contribution in [0.1, 0.15) is 30.6 Å². The standard InChI is InChI=1S/C22H24N2O5/c1-14(2)29-18-6-3-15(4-7-18)22(26)23-16-11-21(25)24(13-16)17-5-8-19-20(12-17)28-10-9-27-19/h3-8,12,14,16H,9-11,13H2,1-2H3,(H,23,26)/t16-/m1/s1. The van der Waals surface area contributed by atoms with Gasteiger partial charge in [0.25, 0.3) is 5.91 Å². The zero-order chi connectivity index (χ0) is 20.4. The van der Waals surface area contributed by atoms with Crippen LogP contribution in [0.5, 0.6) is 17.2 Å². The Morgan fingerprint density at radius 2 is 1.83 bits per heavy atom. The van der Waals surface area contributed by atoms with Crippen molar-refractivity contribution < 1.29 is 23.8 Å². The number of anilines is 1. The second kappa shape index (κ2) is 8.03. The third-order valence-electron chi connectivity index (χ3n) is 4.79. The Labute approximate surface area is 169 Å². The maximum atomic E-state index is 12.6. The van der Waals surface area contributed by atoms with Crippen LogP contribution in [0.25, 0.3) is 0 Å². The molecule has 2 amide bonds. The molecule has 0 radical (unpaired) electrons. The molecule has 4 rings (SSSR count). The van der Waals surface area contributed by atoms with Crippen molar-refractivity contribution in [1.29, 1.82) is 0 Å². The van der Waals surface area contributed by atoms with Crippen molar-refractivity contribution >= 4 is 17.5 Å². The largest absolute Gasteiger partial charge is 0.491 e. The van der Waals surface area contributed by atoms with Gasteiger partial charge in [-0.05, 0) is 50.2 Å². The summed E-state index contributed by atoms with van der Waals surface area (Å²) in [6.07, 6.45) is 0.333. The lowest BCUT2D eigenvalue weighted by atomic mass is 10.1. The third kappa shape index (κ3) is 4.29. The van der Waals surface area contributed by atoms with Gasteiger partial charge in [-0.1, -0.05) is 0 Å².